The van der Waals surface area contributed by atoms with E-state index < -0.39 is 0 Å². The highest BCUT2D eigenvalue weighted by Crippen LogP contribution is 2.29. The average molecular weight is 332 g/mol. The largest absolute Gasteiger partial charge is 0.470 e. The molecular weight excluding hydrogens is 316 g/mol. The fourth-order valence-electron chi connectivity index (χ4n) is 2.66. The van der Waals surface area contributed by atoms with Gasteiger partial charge in [-0.1, -0.05) is 30.3 Å². The van der Waals surface area contributed by atoms with Gasteiger partial charge in [0.2, 0.25) is 5.88 Å². The Balaban J connectivity index is 1.69. The number of anilines is 1. The molecule has 0 saturated carbocycles. The molecule has 2 N–H and O–H groups in total. The van der Waals surface area contributed by atoms with E-state index in [4.69, 9.17) is 10.5 Å². The second-order valence-electron chi connectivity index (χ2n) is 5.56. The van der Waals surface area contributed by atoms with Crippen molar-refractivity contribution in [3.05, 3.63) is 66.7 Å². The van der Waals surface area contributed by atoms with Crippen LogP contribution in [0.25, 0.3) is 16.9 Å². The first kappa shape index (κ1) is 15.1. The average Bonchev–Trinajstić information content (AvgIpc) is 2.98. The smallest absolute Gasteiger partial charge is 0.217 e. The van der Waals surface area contributed by atoms with E-state index in [1.807, 2.05) is 37.3 Å². The number of ether oxygens (including phenoxy) is 1. The molecule has 0 spiro atoms. The van der Waals surface area contributed by atoms with Crippen molar-refractivity contribution in [2.75, 3.05) is 5.73 Å². The number of nitrogens with zero attached hydrogens (tertiary/aromatic N) is 5. The Labute approximate surface area is 144 Å². The Hall–Kier alpha value is -3.48. The van der Waals surface area contributed by atoms with Gasteiger partial charge in [-0.15, -0.1) is 5.10 Å². The van der Waals surface area contributed by atoms with Gasteiger partial charge in [0.1, 0.15) is 12.4 Å². The molecule has 0 aliphatic carbocycles. The molecule has 7 nitrogen and oxygen atoms in total. The highest BCUT2D eigenvalue weighted by molar-refractivity contribution is 5.84. The lowest BCUT2D eigenvalue weighted by atomic mass is 10.1. The van der Waals surface area contributed by atoms with Crippen LogP contribution in [0.5, 0.6) is 5.88 Å². The molecule has 0 aliphatic heterocycles. The summed E-state index contributed by atoms with van der Waals surface area (Å²) in [5.74, 6) is 0.829. The van der Waals surface area contributed by atoms with Crippen LogP contribution in [-0.4, -0.2) is 24.6 Å². The number of nitrogen functional groups attached to an aromatic ring is 1. The van der Waals surface area contributed by atoms with E-state index in [2.05, 4.69) is 20.1 Å². The molecule has 124 valence electrons. The highest BCUT2D eigenvalue weighted by atomic mass is 16.5. The maximum atomic E-state index is 6.05. The van der Waals surface area contributed by atoms with E-state index in [0.717, 1.165) is 5.56 Å². The van der Waals surface area contributed by atoms with Gasteiger partial charge in [-0.25, -0.2) is 19.5 Å². The van der Waals surface area contributed by atoms with Crippen molar-refractivity contribution in [2.45, 2.75) is 13.0 Å². The van der Waals surface area contributed by atoms with Gasteiger partial charge in [0, 0.05) is 18.5 Å². The van der Waals surface area contributed by atoms with Crippen molar-refractivity contribution in [3.63, 3.8) is 0 Å². The van der Waals surface area contributed by atoms with Gasteiger partial charge in [0.25, 0.3) is 0 Å². The first-order valence-electron chi connectivity index (χ1n) is 7.85. The molecule has 1 aromatic carbocycles. The second-order valence-corrected chi connectivity index (χ2v) is 5.56. The predicted octanol–water partition coefficient (Wildman–Crippen LogP) is 2.91. The van der Waals surface area contributed by atoms with Crippen LogP contribution in [0, 0.1) is 0 Å². The van der Waals surface area contributed by atoms with Gasteiger partial charge in [0.05, 0.1) is 11.3 Å². The number of benzene rings is 1. The lowest BCUT2D eigenvalue weighted by Gasteiger charge is -2.14. The van der Waals surface area contributed by atoms with Gasteiger partial charge in [-0.05, 0) is 18.6 Å². The molecule has 0 amide bonds. The fraction of sp³-hybridized carbons (Fsp3) is 0.111. The van der Waals surface area contributed by atoms with Crippen LogP contribution in [0.1, 0.15) is 18.6 Å². The first-order chi connectivity index (χ1) is 12.2. The van der Waals surface area contributed by atoms with Gasteiger partial charge in [0.15, 0.2) is 11.5 Å². The molecule has 3 aromatic heterocycles. The molecule has 0 unspecified atom stereocenters. The molecule has 4 rings (SSSR count). The quantitative estimate of drug-likeness (QED) is 0.618. The predicted molar refractivity (Wildman–Crippen MR) is 93.9 cm³/mol. The van der Waals surface area contributed by atoms with Crippen LogP contribution in [0.3, 0.4) is 0 Å². The SMILES string of the molecule is C[C@@H](Oc1cc(-c2c(N)nn3cccnc23)ncn1)c1ccccc1. The molecule has 0 saturated heterocycles. The normalized spacial score (nSPS) is 12.2. The van der Waals surface area contributed by atoms with E-state index >= 15 is 0 Å². The molecule has 25 heavy (non-hydrogen) atoms. The number of aromatic nitrogens is 5. The Morgan fingerprint density at radius 3 is 2.76 bits per heavy atom. The maximum absolute atomic E-state index is 6.05. The van der Waals surface area contributed by atoms with Crippen molar-refractivity contribution in [1.29, 1.82) is 0 Å². The lowest BCUT2D eigenvalue weighted by molar-refractivity contribution is 0.217. The van der Waals surface area contributed by atoms with E-state index in [1.54, 1.807) is 29.0 Å². The molecule has 1 atom stereocenters. The van der Waals surface area contributed by atoms with Crippen LogP contribution in [-0.2, 0) is 0 Å². The van der Waals surface area contributed by atoms with E-state index in [-0.39, 0.29) is 6.10 Å². The number of fused-ring (bicyclic) bond motifs is 1. The fourth-order valence-corrected chi connectivity index (χ4v) is 2.66. The summed E-state index contributed by atoms with van der Waals surface area (Å²) in [6.07, 6.45) is 4.80. The first-order valence-corrected chi connectivity index (χ1v) is 7.85. The molecular formula is C18H16N6O. The van der Waals surface area contributed by atoms with Gasteiger partial charge >= 0.3 is 0 Å². The van der Waals surface area contributed by atoms with E-state index in [0.29, 0.717) is 28.6 Å². The van der Waals surface area contributed by atoms with Crippen LogP contribution < -0.4 is 10.5 Å². The zero-order valence-corrected chi connectivity index (χ0v) is 13.6. The Bertz CT molecular complexity index is 1010. The third-order valence-electron chi connectivity index (χ3n) is 3.89. The minimum atomic E-state index is -0.136. The molecule has 3 heterocycles. The number of nitrogens with two attached hydrogens (primary N) is 1. The monoisotopic (exact) mass is 332 g/mol. The summed E-state index contributed by atoms with van der Waals surface area (Å²) in [7, 11) is 0. The Morgan fingerprint density at radius 1 is 1.08 bits per heavy atom. The van der Waals surface area contributed by atoms with Crippen LogP contribution in [0.15, 0.2) is 61.2 Å². The summed E-state index contributed by atoms with van der Waals surface area (Å²) in [4.78, 5) is 12.8. The summed E-state index contributed by atoms with van der Waals surface area (Å²) in [6, 6.07) is 13.5. The van der Waals surface area contributed by atoms with Gasteiger partial charge in [-0.3, -0.25) is 0 Å². The molecule has 0 aliphatic rings. The lowest BCUT2D eigenvalue weighted by Crippen LogP contribution is -2.04. The number of hydrogen-bond donors (Lipinski definition) is 1. The minimum absolute atomic E-state index is 0.136. The summed E-state index contributed by atoms with van der Waals surface area (Å²) in [6.45, 7) is 1.97. The van der Waals surface area contributed by atoms with Crippen molar-refractivity contribution < 1.29 is 4.74 Å². The van der Waals surface area contributed by atoms with Crippen LogP contribution >= 0.6 is 0 Å². The third-order valence-corrected chi connectivity index (χ3v) is 3.89. The zero-order valence-electron chi connectivity index (χ0n) is 13.6. The molecule has 4 aromatic rings. The topological polar surface area (TPSA) is 91.2 Å². The van der Waals surface area contributed by atoms with E-state index in [9.17, 15) is 0 Å². The number of hydrogen-bond acceptors (Lipinski definition) is 6. The summed E-state index contributed by atoms with van der Waals surface area (Å²) in [5, 5.41) is 4.26. The maximum Gasteiger partial charge on any atom is 0.217 e. The minimum Gasteiger partial charge on any atom is -0.470 e. The zero-order chi connectivity index (χ0) is 17.2. The van der Waals surface area contributed by atoms with Crippen LogP contribution in [0.2, 0.25) is 0 Å². The Kier molecular flexibility index (Phi) is 3.74. The third kappa shape index (κ3) is 2.87. The number of rotatable bonds is 4. The van der Waals surface area contributed by atoms with Gasteiger partial charge < -0.3 is 10.5 Å². The Morgan fingerprint density at radius 2 is 1.92 bits per heavy atom. The van der Waals surface area contributed by atoms with Crippen molar-refractivity contribution in [1.82, 2.24) is 24.6 Å². The van der Waals surface area contributed by atoms with E-state index in [1.165, 1.54) is 6.33 Å². The van der Waals surface area contributed by atoms with Crippen molar-refractivity contribution in [3.8, 4) is 17.1 Å². The van der Waals surface area contributed by atoms with Gasteiger partial charge in [-0.2, -0.15) is 0 Å². The molecule has 0 radical (unpaired) electrons. The van der Waals surface area contributed by atoms with Crippen molar-refractivity contribution in [2.24, 2.45) is 0 Å². The molecule has 7 heteroatoms. The van der Waals surface area contributed by atoms with Crippen molar-refractivity contribution >= 4 is 11.5 Å². The second kappa shape index (κ2) is 6.20. The summed E-state index contributed by atoms with van der Waals surface area (Å²) in [5.41, 5.74) is 9.05. The molecule has 0 bridgehead atoms. The summed E-state index contributed by atoms with van der Waals surface area (Å²) < 4.78 is 7.58. The molecule has 0 fully saturated rings. The standard InChI is InChI=1S/C18H16N6O/c1-12(13-6-3-2-4-7-13)25-15-10-14(21-11-22-15)16-17(19)23-24-9-5-8-20-18(16)24/h2-12H,1H3,(H2,19,23)/t12-/m1/s1. The summed E-state index contributed by atoms with van der Waals surface area (Å²) >= 11 is 0. The highest BCUT2D eigenvalue weighted by Gasteiger charge is 2.16. The van der Waals surface area contributed by atoms with Crippen LogP contribution in [0.4, 0.5) is 5.82 Å².